The second-order valence-corrected chi connectivity index (χ2v) is 6.05. The fourth-order valence-corrected chi connectivity index (χ4v) is 2.91. The number of pyridine rings is 1. The molecule has 2 N–H and O–H groups in total. The van der Waals surface area contributed by atoms with E-state index in [-0.39, 0.29) is 5.75 Å². The van der Waals surface area contributed by atoms with Crippen molar-refractivity contribution in [3.05, 3.63) is 71.4 Å². The molecular weight excluding hydrogens is 328 g/mol. The minimum absolute atomic E-state index is 0.233. The third-order valence-electron chi connectivity index (χ3n) is 4.17. The number of ether oxygens (including phenoxy) is 1. The van der Waals surface area contributed by atoms with Crippen LogP contribution in [0.1, 0.15) is 21.5 Å². The molecule has 3 rings (SSSR count). The van der Waals surface area contributed by atoms with Crippen LogP contribution in [0.2, 0.25) is 0 Å². The maximum absolute atomic E-state index is 11.9. The Morgan fingerprint density at radius 2 is 1.77 bits per heavy atom. The van der Waals surface area contributed by atoms with Gasteiger partial charge in [0.1, 0.15) is 17.1 Å². The number of nitrogens with zero attached hydrogens (tertiary/aromatic N) is 1. The predicted molar refractivity (Wildman–Crippen MR) is 102 cm³/mol. The molecule has 26 heavy (non-hydrogen) atoms. The smallest absolute Gasteiger partial charge is 0.341 e. The van der Waals surface area contributed by atoms with Gasteiger partial charge < -0.3 is 15.2 Å². The van der Waals surface area contributed by atoms with Crippen LogP contribution in [0, 0.1) is 13.8 Å². The van der Waals surface area contributed by atoms with Crippen molar-refractivity contribution < 1.29 is 14.6 Å². The minimum Gasteiger partial charge on any atom is -0.508 e. The Morgan fingerprint density at radius 1 is 1.04 bits per heavy atom. The van der Waals surface area contributed by atoms with E-state index in [1.54, 1.807) is 30.5 Å². The van der Waals surface area contributed by atoms with Gasteiger partial charge in [0.05, 0.1) is 7.11 Å². The van der Waals surface area contributed by atoms with Crippen molar-refractivity contribution in [3.8, 4) is 16.9 Å². The highest BCUT2D eigenvalue weighted by molar-refractivity contribution is 5.95. The van der Waals surface area contributed by atoms with E-state index in [1.165, 1.54) is 7.11 Å². The number of phenols is 1. The molecule has 1 aromatic heterocycles. The van der Waals surface area contributed by atoms with Gasteiger partial charge in [-0.15, -0.1) is 0 Å². The van der Waals surface area contributed by atoms with Gasteiger partial charge in [-0.05, 0) is 72.5 Å². The summed E-state index contributed by atoms with van der Waals surface area (Å²) in [5, 5.41) is 13.0. The van der Waals surface area contributed by atoms with Crippen LogP contribution in [-0.4, -0.2) is 23.2 Å². The van der Waals surface area contributed by atoms with Crippen molar-refractivity contribution in [2.24, 2.45) is 0 Å². The standard InChI is InChI=1S/C21H20N2O3/c1-13-10-16(15-6-4-7-17(24)12-15)11-14(2)19(13)23-20-18(21(25)26-3)8-5-9-22-20/h4-12,24H,1-3H3,(H,22,23). The Bertz CT molecular complexity index is 944. The van der Waals surface area contributed by atoms with Gasteiger partial charge in [-0.2, -0.15) is 0 Å². The van der Waals surface area contributed by atoms with Gasteiger partial charge in [-0.1, -0.05) is 12.1 Å². The largest absolute Gasteiger partial charge is 0.508 e. The monoisotopic (exact) mass is 348 g/mol. The summed E-state index contributed by atoms with van der Waals surface area (Å²) in [5.41, 5.74) is 5.23. The molecule has 0 aliphatic rings. The first-order chi connectivity index (χ1) is 12.5. The topological polar surface area (TPSA) is 71.5 Å². The average molecular weight is 348 g/mol. The van der Waals surface area contributed by atoms with Gasteiger partial charge >= 0.3 is 5.97 Å². The van der Waals surface area contributed by atoms with Crippen LogP contribution in [0.3, 0.4) is 0 Å². The lowest BCUT2D eigenvalue weighted by molar-refractivity contribution is 0.0601. The van der Waals surface area contributed by atoms with Gasteiger partial charge in [0.2, 0.25) is 0 Å². The van der Waals surface area contributed by atoms with E-state index in [4.69, 9.17) is 4.74 Å². The number of phenolic OH excluding ortho intramolecular Hbond substituents is 1. The van der Waals surface area contributed by atoms with Crippen molar-refractivity contribution in [3.63, 3.8) is 0 Å². The van der Waals surface area contributed by atoms with E-state index in [1.807, 2.05) is 38.1 Å². The number of aryl methyl sites for hydroxylation is 2. The molecule has 0 saturated carbocycles. The second-order valence-electron chi connectivity index (χ2n) is 6.05. The number of benzene rings is 2. The molecular formula is C21H20N2O3. The highest BCUT2D eigenvalue weighted by atomic mass is 16.5. The molecule has 2 aromatic carbocycles. The normalized spacial score (nSPS) is 10.4. The molecule has 0 aliphatic carbocycles. The summed E-state index contributed by atoms with van der Waals surface area (Å²) in [6, 6.07) is 14.6. The van der Waals surface area contributed by atoms with Gasteiger partial charge in [0.15, 0.2) is 0 Å². The highest BCUT2D eigenvalue weighted by Crippen LogP contribution is 2.32. The lowest BCUT2D eigenvalue weighted by atomic mass is 9.98. The van der Waals surface area contributed by atoms with Crippen molar-refractivity contribution in [1.82, 2.24) is 4.98 Å². The number of aromatic nitrogens is 1. The van der Waals surface area contributed by atoms with Gasteiger partial charge in [0.25, 0.3) is 0 Å². The first-order valence-electron chi connectivity index (χ1n) is 8.20. The summed E-state index contributed by atoms with van der Waals surface area (Å²) >= 11 is 0. The fraction of sp³-hybridized carbons (Fsp3) is 0.143. The van der Waals surface area contributed by atoms with Crippen LogP contribution >= 0.6 is 0 Å². The fourth-order valence-electron chi connectivity index (χ4n) is 2.91. The zero-order valence-electron chi connectivity index (χ0n) is 14.9. The molecule has 0 spiro atoms. The summed E-state index contributed by atoms with van der Waals surface area (Å²) in [7, 11) is 1.35. The van der Waals surface area contributed by atoms with E-state index >= 15 is 0 Å². The molecule has 0 radical (unpaired) electrons. The third-order valence-corrected chi connectivity index (χ3v) is 4.17. The second kappa shape index (κ2) is 7.27. The molecule has 0 saturated heterocycles. The lowest BCUT2D eigenvalue weighted by Crippen LogP contribution is -2.08. The van der Waals surface area contributed by atoms with E-state index in [2.05, 4.69) is 10.3 Å². The van der Waals surface area contributed by atoms with Gasteiger partial charge in [0, 0.05) is 11.9 Å². The number of nitrogens with one attached hydrogen (secondary N) is 1. The quantitative estimate of drug-likeness (QED) is 0.674. The first kappa shape index (κ1) is 17.5. The van der Waals surface area contributed by atoms with Crippen molar-refractivity contribution in [1.29, 1.82) is 0 Å². The molecule has 1 heterocycles. The molecule has 0 unspecified atom stereocenters. The first-order valence-corrected chi connectivity index (χ1v) is 8.20. The number of anilines is 2. The van der Waals surface area contributed by atoms with E-state index in [0.717, 1.165) is 27.9 Å². The average Bonchev–Trinajstić information content (AvgIpc) is 2.64. The van der Waals surface area contributed by atoms with Crippen molar-refractivity contribution in [2.45, 2.75) is 13.8 Å². The number of hydrogen-bond donors (Lipinski definition) is 2. The van der Waals surface area contributed by atoms with Gasteiger partial charge in [-0.3, -0.25) is 0 Å². The molecule has 3 aromatic rings. The van der Waals surface area contributed by atoms with Crippen LogP contribution in [0.5, 0.6) is 5.75 Å². The maximum atomic E-state index is 11.9. The Morgan fingerprint density at radius 3 is 2.42 bits per heavy atom. The molecule has 0 aliphatic heterocycles. The van der Waals surface area contributed by atoms with Crippen LogP contribution in [0.4, 0.5) is 11.5 Å². The molecule has 0 bridgehead atoms. The Hall–Kier alpha value is -3.34. The summed E-state index contributed by atoms with van der Waals surface area (Å²) in [6.45, 7) is 3.98. The number of carbonyl (C=O) groups is 1. The number of methoxy groups -OCH3 is 1. The SMILES string of the molecule is COC(=O)c1cccnc1Nc1c(C)cc(-c2cccc(O)c2)cc1C. The van der Waals surface area contributed by atoms with E-state index in [0.29, 0.717) is 11.4 Å². The van der Waals surface area contributed by atoms with Crippen LogP contribution in [-0.2, 0) is 4.74 Å². The summed E-state index contributed by atoms with van der Waals surface area (Å²) < 4.78 is 4.82. The zero-order valence-corrected chi connectivity index (χ0v) is 14.9. The van der Waals surface area contributed by atoms with Crippen LogP contribution in [0.15, 0.2) is 54.7 Å². The Balaban J connectivity index is 1.99. The van der Waals surface area contributed by atoms with Gasteiger partial charge in [-0.25, -0.2) is 9.78 Å². The third kappa shape index (κ3) is 3.52. The molecule has 132 valence electrons. The summed E-state index contributed by atoms with van der Waals surface area (Å²) in [5.74, 6) is 0.249. The molecule has 5 nitrogen and oxygen atoms in total. The van der Waals surface area contributed by atoms with Crippen molar-refractivity contribution in [2.75, 3.05) is 12.4 Å². The number of hydrogen-bond acceptors (Lipinski definition) is 5. The lowest BCUT2D eigenvalue weighted by Gasteiger charge is -2.16. The molecule has 0 atom stereocenters. The van der Waals surface area contributed by atoms with E-state index in [9.17, 15) is 9.90 Å². The molecule has 0 fully saturated rings. The highest BCUT2D eigenvalue weighted by Gasteiger charge is 2.15. The number of esters is 1. The molecule has 0 amide bonds. The number of aromatic hydroxyl groups is 1. The Kier molecular flexibility index (Phi) is 4.89. The summed E-state index contributed by atoms with van der Waals surface area (Å²) in [6.07, 6.45) is 1.63. The number of rotatable bonds is 4. The van der Waals surface area contributed by atoms with E-state index < -0.39 is 5.97 Å². The predicted octanol–water partition coefficient (Wildman–Crippen LogP) is 4.60. The Labute approximate surface area is 152 Å². The zero-order chi connectivity index (χ0) is 18.7. The molecule has 5 heteroatoms. The summed E-state index contributed by atoms with van der Waals surface area (Å²) in [4.78, 5) is 16.2. The number of carbonyl (C=O) groups excluding carboxylic acids is 1. The van der Waals surface area contributed by atoms with Crippen LogP contribution < -0.4 is 5.32 Å². The maximum Gasteiger partial charge on any atom is 0.341 e. The van der Waals surface area contributed by atoms with Crippen LogP contribution in [0.25, 0.3) is 11.1 Å². The minimum atomic E-state index is -0.438. The van der Waals surface area contributed by atoms with Crippen molar-refractivity contribution >= 4 is 17.5 Å².